The van der Waals surface area contributed by atoms with Crippen LogP contribution in [0.5, 0.6) is 0 Å². The van der Waals surface area contributed by atoms with Gasteiger partial charge in [-0.15, -0.1) is 0 Å². The number of piperidine rings is 1. The van der Waals surface area contributed by atoms with E-state index in [1.165, 1.54) is 5.56 Å². The molecule has 0 aliphatic carbocycles. The Bertz CT molecular complexity index is 395. The van der Waals surface area contributed by atoms with Crippen molar-refractivity contribution in [2.24, 2.45) is 4.99 Å². The Balaban J connectivity index is 2.02. The van der Waals surface area contributed by atoms with Crippen molar-refractivity contribution < 1.29 is 4.79 Å². The summed E-state index contributed by atoms with van der Waals surface area (Å²) in [6.45, 7) is 2.84. The van der Waals surface area contributed by atoms with Crippen LogP contribution in [0.25, 0.3) is 0 Å². The van der Waals surface area contributed by atoms with Crippen molar-refractivity contribution >= 4 is 12.1 Å². The molecule has 84 valence electrons. The molecule has 3 nitrogen and oxygen atoms in total. The first-order valence-electron chi connectivity index (χ1n) is 5.63. The van der Waals surface area contributed by atoms with E-state index >= 15 is 0 Å². The normalized spacial score (nSPS) is 21.1. The molecule has 0 radical (unpaired) electrons. The Morgan fingerprint density at radius 3 is 2.81 bits per heavy atom. The molecule has 0 aromatic heterocycles. The van der Waals surface area contributed by atoms with Crippen LogP contribution in [0.2, 0.25) is 0 Å². The number of nitrogens with one attached hydrogen (secondary N) is 1. The second-order valence-electron chi connectivity index (χ2n) is 4.14. The molecular weight excluding hydrogens is 200 g/mol. The highest BCUT2D eigenvalue weighted by Crippen LogP contribution is 2.08. The third kappa shape index (κ3) is 2.69. The highest BCUT2D eigenvalue weighted by molar-refractivity contribution is 5.87. The van der Waals surface area contributed by atoms with Gasteiger partial charge in [0.25, 0.3) is 0 Å². The fourth-order valence-electron chi connectivity index (χ4n) is 1.73. The Kier molecular flexibility index (Phi) is 3.34. The lowest BCUT2D eigenvalue weighted by atomic mass is 10.1. The molecule has 1 aliphatic rings. The summed E-state index contributed by atoms with van der Waals surface area (Å²) >= 11 is 0. The Morgan fingerprint density at radius 2 is 2.12 bits per heavy atom. The molecule has 1 unspecified atom stereocenters. The molecule has 1 heterocycles. The number of benzene rings is 1. The van der Waals surface area contributed by atoms with Gasteiger partial charge in [-0.2, -0.15) is 0 Å². The molecular formula is C13H16N2O. The maximum atomic E-state index is 11.4. The number of carbonyl (C=O) groups is 1. The minimum atomic E-state index is -0.199. The van der Waals surface area contributed by atoms with Gasteiger partial charge in [-0.25, -0.2) is 0 Å². The standard InChI is InChI=1S/C13H16N2O/c1-10-4-6-11(7-5-10)9-15-12-3-2-8-14-13(12)16/h4-7,9,12H,2-3,8H2,1H3,(H,14,16). The zero-order chi connectivity index (χ0) is 11.4. The van der Waals surface area contributed by atoms with E-state index in [-0.39, 0.29) is 11.9 Å². The zero-order valence-electron chi connectivity index (χ0n) is 9.44. The van der Waals surface area contributed by atoms with Gasteiger partial charge in [0, 0.05) is 12.8 Å². The summed E-state index contributed by atoms with van der Waals surface area (Å²) in [6.07, 6.45) is 3.66. The molecule has 0 bridgehead atoms. The van der Waals surface area contributed by atoms with E-state index in [9.17, 15) is 4.79 Å². The Hall–Kier alpha value is -1.64. The fraction of sp³-hybridized carbons (Fsp3) is 0.385. The number of hydrogen-bond acceptors (Lipinski definition) is 2. The Labute approximate surface area is 95.6 Å². The molecule has 0 saturated carbocycles. The van der Waals surface area contributed by atoms with Gasteiger partial charge >= 0.3 is 0 Å². The number of amides is 1. The average molecular weight is 216 g/mol. The molecule has 2 rings (SSSR count). The van der Waals surface area contributed by atoms with Crippen LogP contribution >= 0.6 is 0 Å². The maximum absolute atomic E-state index is 11.4. The predicted molar refractivity (Wildman–Crippen MR) is 64.8 cm³/mol. The minimum absolute atomic E-state index is 0.0506. The molecule has 1 aromatic rings. The lowest BCUT2D eigenvalue weighted by Crippen LogP contribution is -2.39. The molecule has 1 saturated heterocycles. The summed E-state index contributed by atoms with van der Waals surface area (Å²) in [7, 11) is 0. The van der Waals surface area contributed by atoms with Gasteiger partial charge in [-0.05, 0) is 25.3 Å². The van der Waals surface area contributed by atoms with E-state index in [1.807, 2.05) is 24.3 Å². The summed E-state index contributed by atoms with van der Waals surface area (Å²) in [5, 5.41) is 2.82. The molecule has 0 spiro atoms. The van der Waals surface area contributed by atoms with Crippen LogP contribution in [0.15, 0.2) is 29.3 Å². The molecule has 1 aliphatic heterocycles. The fourth-order valence-corrected chi connectivity index (χ4v) is 1.73. The van der Waals surface area contributed by atoms with Crippen LogP contribution in [-0.4, -0.2) is 24.7 Å². The lowest BCUT2D eigenvalue weighted by molar-refractivity contribution is -0.123. The van der Waals surface area contributed by atoms with E-state index in [0.29, 0.717) is 0 Å². The topological polar surface area (TPSA) is 41.5 Å². The van der Waals surface area contributed by atoms with E-state index in [0.717, 1.165) is 24.9 Å². The lowest BCUT2D eigenvalue weighted by Gasteiger charge is -2.17. The summed E-state index contributed by atoms with van der Waals surface area (Å²) in [5.41, 5.74) is 2.27. The van der Waals surface area contributed by atoms with Gasteiger partial charge in [0.05, 0.1) is 0 Å². The summed E-state index contributed by atoms with van der Waals surface area (Å²) in [6, 6.07) is 7.92. The second-order valence-corrected chi connectivity index (χ2v) is 4.14. The number of nitrogens with zero attached hydrogens (tertiary/aromatic N) is 1. The van der Waals surface area contributed by atoms with Gasteiger partial charge < -0.3 is 5.32 Å². The highest BCUT2D eigenvalue weighted by atomic mass is 16.2. The van der Waals surface area contributed by atoms with Gasteiger partial charge in [0.15, 0.2) is 0 Å². The first-order chi connectivity index (χ1) is 7.75. The SMILES string of the molecule is Cc1ccc(C=NC2CCCNC2=O)cc1. The predicted octanol–water partition coefficient (Wildman–Crippen LogP) is 1.69. The van der Waals surface area contributed by atoms with Crippen LogP contribution in [-0.2, 0) is 4.79 Å². The summed E-state index contributed by atoms with van der Waals surface area (Å²) < 4.78 is 0. The summed E-state index contributed by atoms with van der Waals surface area (Å²) in [4.78, 5) is 15.8. The quantitative estimate of drug-likeness (QED) is 0.751. The minimum Gasteiger partial charge on any atom is -0.354 e. The first kappa shape index (κ1) is 10.9. The molecule has 16 heavy (non-hydrogen) atoms. The van der Waals surface area contributed by atoms with E-state index in [4.69, 9.17) is 0 Å². The van der Waals surface area contributed by atoms with Crippen LogP contribution in [0.4, 0.5) is 0 Å². The third-order valence-corrected chi connectivity index (χ3v) is 2.74. The van der Waals surface area contributed by atoms with Crippen molar-refractivity contribution in [3.05, 3.63) is 35.4 Å². The average Bonchev–Trinajstić information content (AvgIpc) is 2.30. The zero-order valence-corrected chi connectivity index (χ0v) is 9.44. The molecule has 1 atom stereocenters. The number of carbonyl (C=O) groups excluding carboxylic acids is 1. The van der Waals surface area contributed by atoms with Gasteiger partial charge in [-0.3, -0.25) is 9.79 Å². The number of rotatable bonds is 2. The van der Waals surface area contributed by atoms with E-state index < -0.39 is 0 Å². The molecule has 1 aromatic carbocycles. The van der Waals surface area contributed by atoms with Gasteiger partial charge in [0.2, 0.25) is 5.91 Å². The van der Waals surface area contributed by atoms with Crippen molar-refractivity contribution in [2.75, 3.05) is 6.54 Å². The van der Waals surface area contributed by atoms with Gasteiger partial charge in [-0.1, -0.05) is 29.8 Å². The summed E-state index contributed by atoms with van der Waals surface area (Å²) in [5.74, 6) is 0.0506. The van der Waals surface area contributed by atoms with Crippen molar-refractivity contribution in [2.45, 2.75) is 25.8 Å². The van der Waals surface area contributed by atoms with Crippen molar-refractivity contribution in [1.82, 2.24) is 5.32 Å². The van der Waals surface area contributed by atoms with Crippen molar-refractivity contribution in [1.29, 1.82) is 0 Å². The highest BCUT2D eigenvalue weighted by Gasteiger charge is 2.19. The second kappa shape index (κ2) is 4.92. The first-order valence-corrected chi connectivity index (χ1v) is 5.63. The van der Waals surface area contributed by atoms with Gasteiger partial charge in [0.1, 0.15) is 6.04 Å². The largest absolute Gasteiger partial charge is 0.354 e. The molecule has 1 fully saturated rings. The third-order valence-electron chi connectivity index (χ3n) is 2.74. The number of aliphatic imine (C=N–C) groups is 1. The van der Waals surface area contributed by atoms with E-state index in [1.54, 1.807) is 6.21 Å². The smallest absolute Gasteiger partial charge is 0.244 e. The maximum Gasteiger partial charge on any atom is 0.244 e. The number of hydrogen-bond donors (Lipinski definition) is 1. The van der Waals surface area contributed by atoms with E-state index in [2.05, 4.69) is 17.2 Å². The monoisotopic (exact) mass is 216 g/mol. The molecule has 1 amide bonds. The van der Waals surface area contributed by atoms with Crippen LogP contribution in [0, 0.1) is 6.92 Å². The van der Waals surface area contributed by atoms with Crippen molar-refractivity contribution in [3.63, 3.8) is 0 Å². The van der Waals surface area contributed by atoms with Crippen LogP contribution < -0.4 is 5.32 Å². The molecule has 1 N–H and O–H groups in total. The Morgan fingerprint density at radius 1 is 1.38 bits per heavy atom. The number of aryl methyl sites for hydroxylation is 1. The molecule has 3 heteroatoms. The van der Waals surface area contributed by atoms with Crippen LogP contribution in [0.1, 0.15) is 24.0 Å². The van der Waals surface area contributed by atoms with Crippen LogP contribution in [0.3, 0.4) is 0 Å². The van der Waals surface area contributed by atoms with Crippen molar-refractivity contribution in [3.8, 4) is 0 Å².